The van der Waals surface area contributed by atoms with Crippen molar-refractivity contribution >= 4 is 23.0 Å². The lowest BCUT2D eigenvalue weighted by atomic mass is 9.66. The van der Waals surface area contributed by atoms with E-state index in [4.69, 9.17) is 10.5 Å². The van der Waals surface area contributed by atoms with Crippen molar-refractivity contribution in [3.8, 4) is 0 Å². The van der Waals surface area contributed by atoms with Gasteiger partial charge in [-0.05, 0) is 43.4 Å². The molecular formula is C25H31FN4O2. The van der Waals surface area contributed by atoms with E-state index in [1.54, 1.807) is 37.9 Å². The van der Waals surface area contributed by atoms with Crippen LogP contribution in [0.4, 0.5) is 4.39 Å². The molecule has 6 nitrogen and oxygen atoms in total. The first kappa shape index (κ1) is 22.3. The van der Waals surface area contributed by atoms with Crippen molar-refractivity contribution in [2.75, 3.05) is 26.7 Å². The van der Waals surface area contributed by atoms with E-state index in [1.165, 1.54) is 0 Å². The van der Waals surface area contributed by atoms with E-state index in [-0.39, 0.29) is 11.8 Å². The molecule has 2 aromatic heterocycles. The van der Waals surface area contributed by atoms with Crippen molar-refractivity contribution < 1.29 is 13.9 Å². The zero-order valence-electron chi connectivity index (χ0n) is 18.9. The van der Waals surface area contributed by atoms with Gasteiger partial charge >= 0.3 is 0 Å². The van der Waals surface area contributed by atoms with Gasteiger partial charge in [-0.15, -0.1) is 0 Å². The summed E-state index contributed by atoms with van der Waals surface area (Å²) in [6.07, 6.45) is 12.8. The predicted octanol–water partition coefficient (Wildman–Crippen LogP) is 4.07. The second-order valence-corrected chi connectivity index (χ2v) is 8.88. The highest BCUT2D eigenvalue weighted by atomic mass is 19.1. The van der Waals surface area contributed by atoms with Gasteiger partial charge in [0.15, 0.2) is 0 Å². The number of methoxy groups -OCH3 is 1. The molecule has 0 saturated carbocycles. The van der Waals surface area contributed by atoms with Gasteiger partial charge in [-0.3, -0.25) is 9.78 Å². The molecule has 2 atom stereocenters. The van der Waals surface area contributed by atoms with Gasteiger partial charge in [0.1, 0.15) is 6.17 Å². The van der Waals surface area contributed by atoms with Crippen LogP contribution in [-0.4, -0.2) is 53.3 Å². The van der Waals surface area contributed by atoms with E-state index < -0.39 is 11.6 Å². The third-order valence-electron chi connectivity index (χ3n) is 6.98. The maximum absolute atomic E-state index is 14.9. The number of hydrogen-bond donors (Lipinski definition) is 1. The minimum atomic E-state index is -1.04. The second-order valence-electron chi connectivity index (χ2n) is 8.88. The summed E-state index contributed by atoms with van der Waals surface area (Å²) in [5.41, 5.74) is 8.57. The molecule has 1 aliphatic heterocycles. The van der Waals surface area contributed by atoms with Crippen LogP contribution in [0.5, 0.6) is 0 Å². The number of carbonyl (C=O) groups is 1. The number of rotatable bonds is 5. The Balaban J connectivity index is 1.55. The van der Waals surface area contributed by atoms with Gasteiger partial charge in [0.05, 0.1) is 30.1 Å². The first-order chi connectivity index (χ1) is 15.4. The van der Waals surface area contributed by atoms with Crippen LogP contribution in [0.25, 0.3) is 17.1 Å². The topological polar surface area (TPSA) is 73.4 Å². The van der Waals surface area contributed by atoms with E-state index >= 15 is 0 Å². The van der Waals surface area contributed by atoms with Crippen LogP contribution in [0.2, 0.25) is 0 Å². The first-order valence-corrected chi connectivity index (χ1v) is 11.1. The fourth-order valence-corrected chi connectivity index (χ4v) is 5.08. The van der Waals surface area contributed by atoms with E-state index in [1.807, 2.05) is 41.7 Å². The smallest absolute Gasteiger partial charge is 0.256 e. The normalized spacial score (nSPS) is 24.3. The molecule has 1 aliphatic carbocycles. The lowest BCUT2D eigenvalue weighted by Crippen LogP contribution is -2.45. The summed E-state index contributed by atoms with van der Waals surface area (Å²) in [4.78, 5) is 19.7. The summed E-state index contributed by atoms with van der Waals surface area (Å²) in [5, 5.41) is 0.870. The second kappa shape index (κ2) is 8.90. The molecule has 0 radical (unpaired) electrons. The van der Waals surface area contributed by atoms with Crippen molar-refractivity contribution in [3.05, 3.63) is 59.8 Å². The molecule has 1 fully saturated rings. The van der Waals surface area contributed by atoms with Crippen molar-refractivity contribution in [1.82, 2.24) is 14.5 Å². The highest BCUT2D eigenvalue weighted by molar-refractivity contribution is 6.07. The molecule has 4 rings (SSSR count). The van der Waals surface area contributed by atoms with Crippen LogP contribution in [0, 0.1) is 18.3 Å². The number of carbonyl (C=O) groups excluding carboxylic acids is 1. The lowest BCUT2D eigenvalue weighted by Gasteiger charge is -2.43. The highest BCUT2D eigenvalue weighted by Crippen LogP contribution is 2.44. The number of hydrogen-bond acceptors (Lipinski definition) is 4. The quantitative estimate of drug-likeness (QED) is 0.714. The van der Waals surface area contributed by atoms with Crippen LogP contribution in [0.15, 0.2) is 48.5 Å². The zero-order chi connectivity index (χ0) is 22.9. The molecule has 1 saturated heterocycles. The molecule has 1 amide bonds. The van der Waals surface area contributed by atoms with Crippen molar-refractivity contribution in [1.29, 1.82) is 0 Å². The largest absolute Gasteiger partial charge is 0.503 e. The van der Waals surface area contributed by atoms with E-state index in [0.29, 0.717) is 25.2 Å². The third-order valence-corrected chi connectivity index (χ3v) is 6.98. The Kier molecular flexibility index (Phi) is 6.20. The van der Waals surface area contributed by atoms with Crippen LogP contribution in [-0.2, 0) is 4.74 Å². The fraction of sp³-hybridized carbons (Fsp3) is 0.440. The van der Waals surface area contributed by atoms with Crippen molar-refractivity contribution in [3.63, 3.8) is 0 Å². The number of pyridine rings is 1. The molecule has 32 heavy (non-hydrogen) atoms. The number of allylic oxidation sites excluding steroid dienone is 2. The molecule has 7 heteroatoms. The van der Waals surface area contributed by atoms with E-state index in [0.717, 1.165) is 35.0 Å². The molecule has 2 aromatic rings. The average molecular weight is 439 g/mol. The number of halogens is 1. The molecule has 0 bridgehead atoms. The molecule has 2 N–H and O–H groups in total. The summed E-state index contributed by atoms with van der Waals surface area (Å²) in [5.74, 6) is 0.151. The molecule has 0 aromatic carbocycles. The van der Waals surface area contributed by atoms with Crippen LogP contribution in [0.1, 0.15) is 35.8 Å². The van der Waals surface area contributed by atoms with E-state index in [2.05, 4.69) is 4.98 Å². The zero-order valence-corrected chi connectivity index (χ0v) is 18.9. The number of ether oxygens (including phenoxy) is 1. The number of nitrogens with two attached hydrogens (primary N) is 1. The number of likely N-dealkylation sites (tertiary alicyclic amines) is 1. The molecule has 0 spiro atoms. The van der Waals surface area contributed by atoms with E-state index in [9.17, 15) is 9.18 Å². The summed E-state index contributed by atoms with van der Waals surface area (Å²) >= 11 is 0. The molecular weight excluding hydrogens is 407 g/mol. The standard InChI is InChI=1S/C25H31FN4O2/c1-17-23-20(6-9-28-17)21(16-30(23)12-13-32-3)24(31)29-10-7-19(8-11-29)25(2)14-18(15-27)4-5-22(25)26/h4-6,9,12-14,16,19,22H,7-8,10-11,15,27H2,1-3H3/b13-12+. The number of aryl methyl sites for hydroxylation is 1. The van der Waals surface area contributed by atoms with Gasteiger partial charge in [0.2, 0.25) is 0 Å². The SMILES string of the molecule is CO/C=C/n1cc(C(=O)N2CCC(C3(C)C=C(CN)C=CC3F)CC2)c2ccnc(C)c21. The average Bonchev–Trinajstić information content (AvgIpc) is 3.19. The van der Waals surface area contributed by atoms with Gasteiger partial charge in [-0.1, -0.05) is 19.1 Å². The Morgan fingerprint density at radius 2 is 2.16 bits per heavy atom. The molecule has 2 aliphatic rings. The minimum Gasteiger partial charge on any atom is -0.503 e. The number of nitrogens with zero attached hydrogens (tertiary/aromatic N) is 3. The van der Waals surface area contributed by atoms with Gasteiger partial charge in [0.25, 0.3) is 5.91 Å². The Labute approximate surface area is 188 Å². The fourth-order valence-electron chi connectivity index (χ4n) is 5.08. The van der Waals surface area contributed by atoms with Gasteiger partial charge in [-0.2, -0.15) is 0 Å². The minimum absolute atomic E-state index is 0.00713. The van der Waals surface area contributed by atoms with Crippen molar-refractivity contribution in [2.45, 2.75) is 32.9 Å². The first-order valence-electron chi connectivity index (χ1n) is 11.1. The Bertz CT molecular complexity index is 1090. The Hall–Kier alpha value is -2.93. The Morgan fingerprint density at radius 3 is 2.84 bits per heavy atom. The summed E-state index contributed by atoms with van der Waals surface area (Å²) in [6, 6.07) is 1.88. The van der Waals surface area contributed by atoms with Crippen LogP contribution in [0.3, 0.4) is 0 Å². The number of alkyl halides is 1. The maximum Gasteiger partial charge on any atom is 0.256 e. The monoisotopic (exact) mass is 438 g/mol. The predicted molar refractivity (Wildman–Crippen MR) is 125 cm³/mol. The molecule has 2 unspecified atom stereocenters. The van der Waals surface area contributed by atoms with Crippen molar-refractivity contribution in [2.24, 2.45) is 17.1 Å². The molecule has 170 valence electrons. The summed E-state index contributed by atoms with van der Waals surface area (Å²) < 4.78 is 21.8. The summed E-state index contributed by atoms with van der Waals surface area (Å²) in [7, 11) is 1.58. The highest BCUT2D eigenvalue weighted by Gasteiger charge is 2.42. The van der Waals surface area contributed by atoms with Gasteiger partial charge in [-0.25, -0.2) is 4.39 Å². The number of piperidine rings is 1. The Morgan fingerprint density at radius 1 is 1.41 bits per heavy atom. The van der Waals surface area contributed by atoms with Gasteiger partial charge < -0.3 is 19.9 Å². The summed E-state index contributed by atoms with van der Waals surface area (Å²) in [6.45, 7) is 5.52. The van der Waals surface area contributed by atoms with Crippen LogP contribution < -0.4 is 5.73 Å². The number of amides is 1. The lowest BCUT2D eigenvalue weighted by molar-refractivity contribution is 0.0517. The maximum atomic E-state index is 14.9. The number of fused-ring (bicyclic) bond motifs is 1. The third kappa shape index (κ3) is 3.86. The molecule has 3 heterocycles. The van der Waals surface area contributed by atoms with Crippen LogP contribution >= 0.6 is 0 Å². The van der Waals surface area contributed by atoms with Gasteiger partial charge in [0, 0.05) is 49.0 Å². The number of aromatic nitrogens is 2.